The third kappa shape index (κ3) is 3.57. The summed E-state index contributed by atoms with van der Waals surface area (Å²) in [6, 6.07) is 13.4. The largest absolute Gasteiger partial charge is 0.508 e. The molecule has 6 nitrogen and oxygen atoms in total. The Morgan fingerprint density at radius 2 is 1.56 bits per heavy atom. The number of piperazine rings is 1. The van der Waals surface area contributed by atoms with Crippen molar-refractivity contribution in [3.63, 3.8) is 0 Å². The lowest BCUT2D eigenvalue weighted by molar-refractivity contribution is 0.0533. The minimum atomic E-state index is -0.139. The van der Waals surface area contributed by atoms with Crippen LogP contribution in [0.2, 0.25) is 0 Å². The lowest BCUT2D eigenvalue weighted by atomic mass is 10.1. The minimum Gasteiger partial charge on any atom is -0.508 e. The first kappa shape index (κ1) is 16.8. The van der Waals surface area contributed by atoms with Crippen LogP contribution in [0.15, 0.2) is 48.5 Å². The molecule has 0 aliphatic carbocycles. The molecule has 2 aromatic rings. The maximum absolute atomic E-state index is 12.7. The van der Waals surface area contributed by atoms with Crippen LogP contribution in [0.1, 0.15) is 20.7 Å². The monoisotopic (exact) mass is 340 g/mol. The summed E-state index contributed by atoms with van der Waals surface area (Å²) < 4.78 is 5.25. The van der Waals surface area contributed by atoms with Crippen molar-refractivity contribution in [3.8, 4) is 11.5 Å². The van der Waals surface area contributed by atoms with Gasteiger partial charge in [-0.25, -0.2) is 0 Å². The fourth-order valence-electron chi connectivity index (χ4n) is 2.93. The van der Waals surface area contributed by atoms with Crippen molar-refractivity contribution in [1.82, 2.24) is 9.80 Å². The molecule has 130 valence electrons. The molecule has 0 saturated carbocycles. The fraction of sp³-hybridized carbons (Fsp3) is 0.263. The lowest BCUT2D eigenvalue weighted by Gasteiger charge is -2.35. The molecule has 2 amide bonds. The third-order valence-corrected chi connectivity index (χ3v) is 4.28. The quantitative estimate of drug-likeness (QED) is 0.928. The molecule has 1 aliphatic rings. The number of benzene rings is 2. The van der Waals surface area contributed by atoms with Gasteiger partial charge in [-0.15, -0.1) is 0 Å². The zero-order valence-corrected chi connectivity index (χ0v) is 14.0. The first-order valence-electron chi connectivity index (χ1n) is 8.11. The summed E-state index contributed by atoms with van der Waals surface area (Å²) in [5.74, 6) is 0.379. The summed E-state index contributed by atoms with van der Waals surface area (Å²) >= 11 is 0. The van der Waals surface area contributed by atoms with Crippen LogP contribution >= 0.6 is 0 Å². The molecule has 0 atom stereocenters. The topological polar surface area (TPSA) is 70.1 Å². The normalized spacial score (nSPS) is 14.3. The summed E-state index contributed by atoms with van der Waals surface area (Å²) in [4.78, 5) is 28.6. The van der Waals surface area contributed by atoms with Gasteiger partial charge >= 0.3 is 0 Å². The van der Waals surface area contributed by atoms with Gasteiger partial charge in [-0.1, -0.05) is 18.2 Å². The molecular weight excluding hydrogens is 320 g/mol. The number of nitrogens with zero attached hydrogens (tertiary/aromatic N) is 2. The second-order valence-electron chi connectivity index (χ2n) is 5.84. The Labute approximate surface area is 146 Å². The molecule has 0 spiro atoms. The van der Waals surface area contributed by atoms with Gasteiger partial charge in [-0.2, -0.15) is 0 Å². The molecule has 1 N–H and O–H groups in total. The molecule has 0 radical (unpaired) electrons. The molecule has 0 unspecified atom stereocenters. The van der Waals surface area contributed by atoms with Crippen molar-refractivity contribution in [2.24, 2.45) is 0 Å². The number of amides is 2. The molecule has 25 heavy (non-hydrogen) atoms. The number of hydrogen-bond donors (Lipinski definition) is 1. The van der Waals surface area contributed by atoms with E-state index in [-0.39, 0.29) is 17.6 Å². The molecular formula is C19H20N2O4. The minimum absolute atomic E-state index is 0.0656. The van der Waals surface area contributed by atoms with E-state index in [1.807, 2.05) is 6.07 Å². The highest BCUT2D eigenvalue weighted by atomic mass is 16.5. The van der Waals surface area contributed by atoms with Crippen molar-refractivity contribution in [3.05, 3.63) is 59.7 Å². The SMILES string of the molecule is COc1ccccc1C(=O)N1CCN(C(=O)c2cccc(O)c2)CC1. The number of phenolic OH excluding ortho intramolecular Hbond substituents is 1. The first-order valence-corrected chi connectivity index (χ1v) is 8.11. The van der Waals surface area contributed by atoms with Crippen molar-refractivity contribution >= 4 is 11.8 Å². The van der Waals surface area contributed by atoms with Crippen molar-refractivity contribution < 1.29 is 19.4 Å². The molecule has 2 aromatic carbocycles. The van der Waals surface area contributed by atoms with Gasteiger partial charge < -0.3 is 19.6 Å². The average molecular weight is 340 g/mol. The highest BCUT2D eigenvalue weighted by Gasteiger charge is 2.26. The van der Waals surface area contributed by atoms with Crippen molar-refractivity contribution in [2.75, 3.05) is 33.3 Å². The van der Waals surface area contributed by atoms with E-state index in [4.69, 9.17) is 4.74 Å². The van der Waals surface area contributed by atoms with Crippen LogP contribution in [0.5, 0.6) is 11.5 Å². The van der Waals surface area contributed by atoms with Crippen LogP contribution in [-0.4, -0.2) is 60.0 Å². The van der Waals surface area contributed by atoms with Gasteiger partial charge in [0, 0.05) is 31.7 Å². The fourth-order valence-corrected chi connectivity index (χ4v) is 2.93. The summed E-state index contributed by atoms with van der Waals surface area (Å²) in [5, 5.41) is 9.52. The van der Waals surface area contributed by atoms with E-state index in [2.05, 4.69) is 0 Å². The van der Waals surface area contributed by atoms with Gasteiger partial charge in [0.15, 0.2) is 0 Å². The number of carbonyl (C=O) groups is 2. The van der Waals surface area contributed by atoms with Crippen LogP contribution < -0.4 is 4.74 Å². The molecule has 3 rings (SSSR count). The van der Waals surface area contributed by atoms with Crippen LogP contribution in [-0.2, 0) is 0 Å². The number of methoxy groups -OCH3 is 1. The Morgan fingerprint density at radius 3 is 2.20 bits per heavy atom. The van der Waals surface area contributed by atoms with Crippen molar-refractivity contribution in [2.45, 2.75) is 0 Å². The number of para-hydroxylation sites is 1. The van der Waals surface area contributed by atoms with Gasteiger partial charge in [0.05, 0.1) is 12.7 Å². The van der Waals surface area contributed by atoms with E-state index >= 15 is 0 Å². The Kier molecular flexibility index (Phi) is 4.88. The first-order chi connectivity index (χ1) is 12.1. The molecule has 0 bridgehead atoms. The van der Waals surface area contributed by atoms with Gasteiger partial charge in [-0.05, 0) is 30.3 Å². The predicted molar refractivity (Wildman–Crippen MR) is 92.9 cm³/mol. The highest BCUT2D eigenvalue weighted by molar-refractivity contribution is 5.97. The van der Waals surface area contributed by atoms with E-state index in [9.17, 15) is 14.7 Å². The number of carbonyl (C=O) groups excluding carboxylic acids is 2. The Hall–Kier alpha value is -3.02. The van der Waals surface area contributed by atoms with Crippen LogP contribution in [0.25, 0.3) is 0 Å². The Balaban J connectivity index is 1.65. The van der Waals surface area contributed by atoms with Gasteiger partial charge in [-0.3, -0.25) is 9.59 Å². The van der Waals surface area contributed by atoms with E-state index < -0.39 is 0 Å². The third-order valence-electron chi connectivity index (χ3n) is 4.28. The number of phenols is 1. The number of aromatic hydroxyl groups is 1. The summed E-state index contributed by atoms with van der Waals surface area (Å²) in [6.45, 7) is 1.83. The molecule has 6 heteroatoms. The second kappa shape index (κ2) is 7.25. The molecule has 1 aliphatic heterocycles. The van der Waals surface area contributed by atoms with E-state index in [1.54, 1.807) is 40.1 Å². The molecule has 1 fully saturated rings. The molecule has 1 saturated heterocycles. The Morgan fingerprint density at radius 1 is 0.920 bits per heavy atom. The van der Waals surface area contributed by atoms with Gasteiger partial charge in [0.2, 0.25) is 0 Å². The Bertz CT molecular complexity index is 782. The summed E-state index contributed by atoms with van der Waals surface area (Å²) in [5.41, 5.74) is 0.974. The number of hydrogen-bond acceptors (Lipinski definition) is 4. The van der Waals surface area contributed by atoms with Crippen LogP contribution in [0.3, 0.4) is 0 Å². The second-order valence-corrected chi connectivity index (χ2v) is 5.84. The molecule has 1 heterocycles. The summed E-state index contributed by atoms with van der Waals surface area (Å²) in [6.07, 6.45) is 0. The van der Waals surface area contributed by atoms with E-state index in [1.165, 1.54) is 19.2 Å². The van der Waals surface area contributed by atoms with Crippen molar-refractivity contribution in [1.29, 1.82) is 0 Å². The van der Waals surface area contributed by atoms with E-state index in [0.717, 1.165) is 0 Å². The highest BCUT2D eigenvalue weighted by Crippen LogP contribution is 2.21. The smallest absolute Gasteiger partial charge is 0.257 e. The average Bonchev–Trinajstić information content (AvgIpc) is 2.67. The molecule has 0 aromatic heterocycles. The zero-order chi connectivity index (χ0) is 17.8. The number of ether oxygens (including phenoxy) is 1. The van der Waals surface area contributed by atoms with E-state index in [0.29, 0.717) is 43.1 Å². The standard InChI is InChI=1S/C19H20N2O4/c1-25-17-8-3-2-7-16(17)19(24)21-11-9-20(10-12-21)18(23)14-5-4-6-15(22)13-14/h2-8,13,22H,9-12H2,1H3. The van der Waals surface area contributed by atoms with Crippen LogP contribution in [0.4, 0.5) is 0 Å². The number of rotatable bonds is 3. The zero-order valence-electron chi connectivity index (χ0n) is 14.0. The van der Waals surface area contributed by atoms with Gasteiger partial charge in [0.1, 0.15) is 11.5 Å². The lowest BCUT2D eigenvalue weighted by Crippen LogP contribution is -2.50. The summed E-state index contributed by atoms with van der Waals surface area (Å²) in [7, 11) is 1.54. The van der Waals surface area contributed by atoms with Crippen LogP contribution in [0, 0.1) is 0 Å². The maximum Gasteiger partial charge on any atom is 0.257 e. The van der Waals surface area contributed by atoms with Gasteiger partial charge in [0.25, 0.3) is 11.8 Å². The maximum atomic E-state index is 12.7. The predicted octanol–water partition coefficient (Wildman–Crippen LogP) is 2.00.